The van der Waals surface area contributed by atoms with Crippen molar-refractivity contribution in [1.82, 2.24) is 9.13 Å². The number of halogens is 3. The van der Waals surface area contributed by atoms with Crippen molar-refractivity contribution in [2.45, 2.75) is 40.8 Å². The van der Waals surface area contributed by atoms with Crippen LogP contribution in [-0.4, -0.2) is 9.13 Å². The van der Waals surface area contributed by atoms with E-state index >= 15 is 13.2 Å². The van der Waals surface area contributed by atoms with Crippen LogP contribution in [0.15, 0.2) is 224 Å². The van der Waals surface area contributed by atoms with Gasteiger partial charge in [0.15, 0.2) is 0 Å². The number of rotatable bonds is 8. The van der Waals surface area contributed by atoms with Crippen LogP contribution >= 0.6 is 0 Å². The molecule has 0 aliphatic carbocycles. The average molecular weight is 1030 g/mol. The molecule has 0 radical (unpaired) electrons. The van der Waals surface area contributed by atoms with E-state index in [0.717, 1.165) is 127 Å². The monoisotopic (exact) mass is 1030 g/mol. The molecule has 0 atom stereocenters. The minimum Gasteiger partial charge on any atom is -0.309 e. The molecule has 0 N–H and O–H groups in total. The van der Waals surface area contributed by atoms with Gasteiger partial charge in [0, 0.05) is 32.7 Å². The zero-order valence-electron chi connectivity index (χ0n) is 44.3. The van der Waals surface area contributed by atoms with E-state index in [9.17, 15) is 5.26 Å². The number of aromatic nitrogens is 2. The third-order valence-electron chi connectivity index (χ3n) is 16.1. The Hall–Kier alpha value is -9.70. The van der Waals surface area contributed by atoms with Gasteiger partial charge in [0.1, 0.15) is 0 Å². The smallest absolute Gasteiger partial charge is 0.309 e. The van der Waals surface area contributed by atoms with Crippen LogP contribution in [0, 0.1) is 45.9 Å². The summed E-state index contributed by atoms with van der Waals surface area (Å²) in [4.78, 5) is 0. The van der Waals surface area contributed by atoms with Crippen molar-refractivity contribution in [3.05, 3.63) is 263 Å². The number of nitrogens with zero attached hydrogens (tertiary/aromatic N) is 3. The van der Waals surface area contributed by atoms with Gasteiger partial charge in [-0.1, -0.05) is 146 Å². The molecule has 380 valence electrons. The van der Waals surface area contributed by atoms with Crippen LogP contribution in [0.4, 0.5) is 13.2 Å². The molecule has 11 aromatic carbocycles. The molecule has 6 heteroatoms. The highest BCUT2D eigenvalue weighted by molar-refractivity contribution is 6.14. The SMILES string of the molecule is Cc1ccccc1-c1ccc2c(c1)c1cc(-c3ccccc3C)ccc1n2-c1ccc(-c2c(C)cccc2C(F)(F)F)cc1-c1ccc(C#N)cc1-n1c2ccc(-c3ccccc3C)cc2c2cc(-c3ccccc3C)ccc21. The van der Waals surface area contributed by atoms with Crippen LogP contribution in [0.2, 0.25) is 0 Å². The van der Waals surface area contributed by atoms with Gasteiger partial charge < -0.3 is 9.13 Å². The standard InChI is InChI=1S/C73H52F3N3/c1-44-15-6-10-20-55(44)50-26-32-67-61(38-50)62-39-51(56-21-11-7-16-45(56)2)27-33-68(62)78(67)66-36-30-54(72-48(5)19-14-24-65(72)73(74,75)76)42-60(66)59-31-25-49(43-77)37-71(59)79-69-34-28-52(57-22-12-8-17-46(57)3)40-63(69)64-41-53(29-35-70(64)79)58-23-13-9-18-47(58)4/h6-42H,1-5H3. The molecule has 2 heterocycles. The molecule has 0 unspecified atom stereocenters. The topological polar surface area (TPSA) is 33.6 Å². The maximum Gasteiger partial charge on any atom is 0.417 e. The molecule has 0 fully saturated rings. The largest absolute Gasteiger partial charge is 0.417 e. The van der Waals surface area contributed by atoms with Gasteiger partial charge in [-0.3, -0.25) is 0 Å². The quantitative estimate of drug-likeness (QED) is 0.149. The van der Waals surface area contributed by atoms with Crippen LogP contribution in [0.1, 0.15) is 38.9 Å². The first-order chi connectivity index (χ1) is 38.3. The molecule has 79 heavy (non-hydrogen) atoms. The summed E-state index contributed by atoms with van der Waals surface area (Å²) < 4.78 is 50.3. The molecule has 0 saturated heterocycles. The zero-order chi connectivity index (χ0) is 54.3. The zero-order valence-corrected chi connectivity index (χ0v) is 44.3. The second-order valence-corrected chi connectivity index (χ2v) is 20.9. The van der Waals surface area contributed by atoms with Gasteiger partial charge in [-0.25, -0.2) is 0 Å². The van der Waals surface area contributed by atoms with Crippen molar-refractivity contribution < 1.29 is 13.2 Å². The predicted octanol–water partition coefficient (Wildman–Crippen LogP) is 20.3. The molecule has 0 aliphatic heterocycles. The molecule has 0 saturated carbocycles. The normalized spacial score (nSPS) is 11.8. The van der Waals surface area contributed by atoms with Crippen molar-refractivity contribution in [3.63, 3.8) is 0 Å². The third kappa shape index (κ3) is 8.29. The summed E-state index contributed by atoms with van der Waals surface area (Å²) in [7, 11) is 0. The molecule has 0 amide bonds. The summed E-state index contributed by atoms with van der Waals surface area (Å²) in [5.41, 5.74) is 20.9. The fourth-order valence-corrected chi connectivity index (χ4v) is 12.2. The van der Waals surface area contributed by atoms with Gasteiger partial charge in [-0.15, -0.1) is 0 Å². The van der Waals surface area contributed by atoms with Gasteiger partial charge in [0.05, 0.1) is 50.6 Å². The minimum absolute atomic E-state index is 0.121. The number of hydrogen-bond donors (Lipinski definition) is 0. The van der Waals surface area contributed by atoms with E-state index in [1.54, 1.807) is 13.0 Å². The highest BCUT2D eigenvalue weighted by atomic mass is 19.4. The van der Waals surface area contributed by atoms with E-state index in [0.29, 0.717) is 22.3 Å². The first kappa shape index (κ1) is 48.9. The van der Waals surface area contributed by atoms with Gasteiger partial charge in [0.25, 0.3) is 0 Å². The predicted molar refractivity (Wildman–Crippen MR) is 321 cm³/mol. The number of fused-ring (bicyclic) bond motifs is 6. The maximum atomic E-state index is 15.3. The van der Waals surface area contributed by atoms with Crippen LogP contribution < -0.4 is 0 Å². The van der Waals surface area contributed by atoms with E-state index in [-0.39, 0.29) is 5.56 Å². The van der Waals surface area contributed by atoms with Crippen molar-refractivity contribution >= 4 is 43.6 Å². The van der Waals surface area contributed by atoms with Crippen molar-refractivity contribution in [2.24, 2.45) is 0 Å². The summed E-state index contributed by atoms with van der Waals surface area (Å²) >= 11 is 0. The van der Waals surface area contributed by atoms with Crippen LogP contribution in [0.3, 0.4) is 0 Å². The average Bonchev–Trinajstić information content (AvgIpc) is 4.18. The lowest BCUT2D eigenvalue weighted by molar-refractivity contribution is -0.137. The first-order valence-electron chi connectivity index (χ1n) is 26.6. The highest BCUT2D eigenvalue weighted by Crippen LogP contribution is 2.47. The Kier molecular flexibility index (Phi) is 11.8. The van der Waals surface area contributed by atoms with E-state index in [1.165, 1.54) is 12.1 Å². The molecule has 0 aliphatic rings. The Labute approximate surface area is 457 Å². The minimum atomic E-state index is -4.62. The third-order valence-corrected chi connectivity index (χ3v) is 16.1. The molecule has 0 spiro atoms. The number of benzene rings is 11. The van der Waals surface area contributed by atoms with Crippen molar-refractivity contribution in [2.75, 3.05) is 0 Å². The Bertz CT molecular complexity index is 4470. The molecule has 0 bridgehead atoms. The molecule has 3 nitrogen and oxygen atoms in total. The van der Waals surface area contributed by atoms with E-state index in [1.807, 2.05) is 36.4 Å². The number of aryl methyl sites for hydroxylation is 5. The lowest BCUT2D eigenvalue weighted by atomic mass is 9.90. The van der Waals surface area contributed by atoms with Crippen LogP contribution in [-0.2, 0) is 6.18 Å². The fraction of sp³-hybridized carbons (Fsp3) is 0.0822. The van der Waals surface area contributed by atoms with Crippen molar-refractivity contribution in [1.29, 1.82) is 5.26 Å². The second kappa shape index (κ2) is 19.1. The van der Waals surface area contributed by atoms with Gasteiger partial charge in [-0.05, 0) is 197 Å². The Morgan fingerprint density at radius 2 is 0.709 bits per heavy atom. The molecule has 13 aromatic rings. The second-order valence-electron chi connectivity index (χ2n) is 20.9. The molecule has 13 rings (SSSR count). The number of hydrogen-bond acceptors (Lipinski definition) is 1. The van der Waals surface area contributed by atoms with E-state index < -0.39 is 11.7 Å². The fourth-order valence-electron chi connectivity index (χ4n) is 12.2. The lowest BCUT2D eigenvalue weighted by Gasteiger charge is -2.21. The van der Waals surface area contributed by atoms with Crippen LogP contribution in [0.5, 0.6) is 0 Å². The highest BCUT2D eigenvalue weighted by Gasteiger charge is 2.35. The Morgan fingerprint density at radius 3 is 1.10 bits per heavy atom. The summed E-state index contributed by atoms with van der Waals surface area (Å²) in [6.07, 6.45) is -4.62. The first-order valence-corrected chi connectivity index (χ1v) is 26.6. The van der Waals surface area contributed by atoms with Gasteiger partial charge in [0.2, 0.25) is 0 Å². The number of alkyl halides is 3. The number of nitriles is 1. The van der Waals surface area contributed by atoms with Crippen LogP contribution in [0.25, 0.3) is 122 Å². The summed E-state index contributed by atoms with van der Waals surface area (Å²) in [5.74, 6) is 0. The maximum absolute atomic E-state index is 15.3. The van der Waals surface area contributed by atoms with Gasteiger partial charge >= 0.3 is 6.18 Å². The molecular weight excluding hydrogens is 976 g/mol. The Morgan fingerprint density at radius 1 is 0.329 bits per heavy atom. The van der Waals surface area contributed by atoms with Gasteiger partial charge in [-0.2, -0.15) is 18.4 Å². The van der Waals surface area contributed by atoms with E-state index in [2.05, 4.69) is 213 Å². The summed E-state index contributed by atoms with van der Waals surface area (Å²) in [5, 5.41) is 14.9. The van der Waals surface area contributed by atoms with Crippen molar-refractivity contribution in [3.8, 4) is 84.2 Å². The summed E-state index contributed by atoms with van der Waals surface area (Å²) in [6.45, 7) is 10.3. The summed E-state index contributed by atoms with van der Waals surface area (Å²) in [6, 6.07) is 78.3. The Balaban J connectivity index is 1.14. The van der Waals surface area contributed by atoms with E-state index in [4.69, 9.17) is 0 Å². The molecular formula is C73H52F3N3. The molecule has 2 aromatic heterocycles. The lowest BCUT2D eigenvalue weighted by Crippen LogP contribution is -2.08.